The molecule has 0 bridgehead atoms. The van der Waals surface area contributed by atoms with E-state index in [1.807, 2.05) is 12.1 Å². The first-order chi connectivity index (χ1) is 11.2. The van der Waals surface area contributed by atoms with Gasteiger partial charge < -0.3 is 15.5 Å². The fraction of sp³-hybridized carbons (Fsp3) is 0.611. The van der Waals surface area contributed by atoms with Crippen molar-refractivity contribution >= 4 is 29.9 Å². The highest BCUT2D eigenvalue weighted by Crippen LogP contribution is 2.15. The Morgan fingerprint density at radius 1 is 1.33 bits per heavy atom. The van der Waals surface area contributed by atoms with E-state index in [4.69, 9.17) is 0 Å². The minimum atomic E-state index is -0.140. The molecule has 0 saturated carbocycles. The van der Waals surface area contributed by atoms with Crippen LogP contribution in [0.4, 0.5) is 4.39 Å². The number of guanidine groups is 1. The average Bonchev–Trinajstić information content (AvgIpc) is 3.00. The van der Waals surface area contributed by atoms with E-state index in [2.05, 4.69) is 27.4 Å². The number of hydrogen-bond acceptors (Lipinski definition) is 2. The molecule has 0 spiro atoms. The summed E-state index contributed by atoms with van der Waals surface area (Å²) in [6, 6.07) is 6.92. The minimum absolute atomic E-state index is 0. The third-order valence-corrected chi connectivity index (χ3v) is 4.34. The first kappa shape index (κ1) is 21.2. The van der Waals surface area contributed by atoms with E-state index in [1.165, 1.54) is 38.5 Å². The molecule has 4 nitrogen and oxygen atoms in total. The Bertz CT molecular complexity index is 510. The molecule has 136 valence electrons. The molecule has 1 aliphatic heterocycles. The minimum Gasteiger partial charge on any atom is -0.356 e. The van der Waals surface area contributed by atoms with Crippen molar-refractivity contribution in [1.29, 1.82) is 0 Å². The Morgan fingerprint density at radius 2 is 2.12 bits per heavy atom. The summed E-state index contributed by atoms with van der Waals surface area (Å²) in [5.74, 6) is 1.35. The van der Waals surface area contributed by atoms with Crippen LogP contribution in [0.1, 0.15) is 25.3 Å². The molecule has 0 aromatic heterocycles. The van der Waals surface area contributed by atoms with E-state index >= 15 is 0 Å². The fourth-order valence-electron chi connectivity index (χ4n) is 3.08. The topological polar surface area (TPSA) is 39.7 Å². The molecular weight excluding hydrogens is 418 g/mol. The summed E-state index contributed by atoms with van der Waals surface area (Å²) in [5.41, 5.74) is 0.737. The van der Waals surface area contributed by atoms with Crippen LogP contribution in [0.25, 0.3) is 0 Å². The van der Waals surface area contributed by atoms with Gasteiger partial charge in [-0.1, -0.05) is 25.1 Å². The molecule has 2 rings (SSSR count). The molecule has 1 aromatic carbocycles. The quantitative estimate of drug-likeness (QED) is 0.383. The van der Waals surface area contributed by atoms with Crippen LogP contribution in [0, 0.1) is 11.7 Å². The van der Waals surface area contributed by atoms with Gasteiger partial charge in [0.1, 0.15) is 5.82 Å². The zero-order valence-corrected chi connectivity index (χ0v) is 17.1. The summed E-state index contributed by atoms with van der Waals surface area (Å²) < 4.78 is 13.6. The van der Waals surface area contributed by atoms with Gasteiger partial charge in [-0.3, -0.25) is 4.99 Å². The average molecular weight is 448 g/mol. The second kappa shape index (κ2) is 11.6. The molecule has 1 aromatic rings. The standard InChI is InChI=1S/C18H29FN4.HI/c1-3-11-23-12-9-15(14-23)13-22-18(20-2)21-10-8-16-6-4-5-7-17(16)19;/h4-7,15H,3,8-14H2,1-2H3,(H2,20,21,22);1H. The monoisotopic (exact) mass is 448 g/mol. The van der Waals surface area contributed by atoms with Crippen LogP contribution in [0.3, 0.4) is 0 Å². The second-order valence-corrected chi connectivity index (χ2v) is 6.18. The molecule has 1 fully saturated rings. The number of aliphatic imine (C=N–C) groups is 1. The highest BCUT2D eigenvalue weighted by atomic mass is 127. The largest absolute Gasteiger partial charge is 0.356 e. The molecule has 0 radical (unpaired) electrons. The van der Waals surface area contributed by atoms with E-state index in [9.17, 15) is 4.39 Å². The highest BCUT2D eigenvalue weighted by molar-refractivity contribution is 14.0. The van der Waals surface area contributed by atoms with Crippen molar-refractivity contribution in [2.45, 2.75) is 26.2 Å². The van der Waals surface area contributed by atoms with Gasteiger partial charge >= 0.3 is 0 Å². The number of hydrogen-bond donors (Lipinski definition) is 2. The van der Waals surface area contributed by atoms with Gasteiger partial charge in [-0.15, -0.1) is 24.0 Å². The van der Waals surface area contributed by atoms with Crippen LogP contribution >= 0.6 is 24.0 Å². The molecule has 0 aliphatic carbocycles. The molecule has 1 atom stereocenters. The maximum Gasteiger partial charge on any atom is 0.190 e. The number of benzene rings is 1. The van der Waals surface area contributed by atoms with Gasteiger partial charge in [-0.2, -0.15) is 0 Å². The van der Waals surface area contributed by atoms with E-state index in [1.54, 1.807) is 13.1 Å². The molecular formula is C18H30FIN4. The Labute approximate surface area is 162 Å². The van der Waals surface area contributed by atoms with Crippen LogP contribution in [0.15, 0.2) is 29.3 Å². The van der Waals surface area contributed by atoms with Gasteiger partial charge in [0.25, 0.3) is 0 Å². The van der Waals surface area contributed by atoms with Crippen molar-refractivity contribution in [1.82, 2.24) is 15.5 Å². The van der Waals surface area contributed by atoms with Gasteiger partial charge in [0.2, 0.25) is 0 Å². The number of rotatable bonds is 7. The molecule has 1 heterocycles. The predicted molar refractivity (Wildman–Crippen MR) is 110 cm³/mol. The van der Waals surface area contributed by atoms with Gasteiger partial charge in [-0.05, 0) is 49.9 Å². The van der Waals surface area contributed by atoms with Crippen molar-refractivity contribution in [3.63, 3.8) is 0 Å². The SMILES string of the molecule is CCCN1CCC(CNC(=NC)NCCc2ccccc2F)C1.I. The fourth-order valence-corrected chi connectivity index (χ4v) is 3.08. The van der Waals surface area contributed by atoms with E-state index in [0.29, 0.717) is 18.9 Å². The Morgan fingerprint density at radius 3 is 2.83 bits per heavy atom. The summed E-state index contributed by atoms with van der Waals surface area (Å²) in [7, 11) is 1.77. The number of halogens is 2. The lowest BCUT2D eigenvalue weighted by Crippen LogP contribution is -2.41. The molecule has 2 N–H and O–H groups in total. The molecule has 1 aliphatic rings. The van der Waals surface area contributed by atoms with Crippen molar-refractivity contribution in [3.05, 3.63) is 35.6 Å². The molecule has 6 heteroatoms. The van der Waals surface area contributed by atoms with Gasteiger partial charge in [0.05, 0.1) is 0 Å². The molecule has 1 unspecified atom stereocenters. The van der Waals surface area contributed by atoms with Crippen molar-refractivity contribution in [3.8, 4) is 0 Å². The predicted octanol–water partition coefficient (Wildman–Crippen LogP) is 2.88. The van der Waals surface area contributed by atoms with E-state index in [-0.39, 0.29) is 29.8 Å². The molecule has 1 saturated heterocycles. The van der Waals surface area contributed by atoms with E-state index < -0.39 is 0 Å². The smallest absolute Gasteiger partial charge is 0.190 e. The first-order valence-electron chi connectivity index (χ1n) is 8.63. The molecule has 24 heavy (non-hydrogen) atoms. The zero-order valence-electron chi connectivity index (χ0n) is 14.7. The maximum atomic E-state index is 13.6. The number of nitrogens with one attached hydrogen (secondary N) is 2. The van der Waals surface area contributed by atoms with Gasteiger partial charge in [-0.25, -0.2) is 4.39 Å². The van der Waals surface area contributed by atoms with E-state index in [0.717, 1.165) is 18.1 Å². The van der Waals surface area contributed by atoms with Crippen molar-refractivity contribution in [2.24, 2.45) is 10.9 Å². The van der Waals surface area contributed by atoms with Crippen LogP contribution in [-0.2, 0) is 6.42 Å². The number of likely N-dealkylation sites (tertiary alicyclic amines) is 1. The lowest BCUT2D eigenvalue weighted by Gasteiger charge is -2.17. The number of nitrogens with zero attached hydrogens (tertiary/aromatic N) is 2. The van der Waals surface area contributed by atoms with Crippen LogP contribution < -0.4 is 10.6 Å². The van der Waals surface area contributed by atoms with Gasteiger partial charge in [0.15, 0.2) is 5.96 Å². The first-order valence-corrected chi connectivity index (χ1v) is 8.63. The normalized spacial score (nSPS) is 18.3. The highest BCUT2D eigenvalue weighted by Gasteiger charge is 2.21. The van der Waals surface area contributed by atoms with Crippen molar-refractivity contribution in [2.75, 3.05) is 39.8 Å². The Kier molecular flexibility index (Phi) is 10.2. The van der Waals surface area contributed by atoms with Crippen LogP contribution in [0.2, 0.25) is 0 Å². The summed E-state index contributed by atoms with van der Waals surface area (Å²) in [5, 5.41) is 6.66. The summed E-state index contributed by atoms with van der Waals surface area (Å²) >= 11 is 0. The summed E-state index contributed by atoms with van der Waals surface area (Å²) in [6.45, 7) is 7.43. The van der Waals surface area contributed by atoms with Crippen molar-refractivity contribution < 1.29 is 4.39 Å². The van der Waals surface area contributed by atoms with Crippen LogP contribution in [0.5, 0.6) is 0 Å². The summed E-state index contributed by atoms with van der Waals surface area (Å²) in [4.78, 5) is 6.77. The summed E-state index contributed by atoms with van der Waals surface area (Å²) in [6.07, 6.45) is 3.12. The third-order valence-electron chi connectivity index (χ3n) is 4.34. The maximum absolute atomic E-state index is 13.6. The second-order valence-electron chi connectivity index (χ2n) is 6.18. The lowest BCUT2D eigenvalue weighted by molar-refractivity contribution is 0.324. The Hall–Kier alpha value is -0.890. The molecule has 0 amide bonds. The van der Waals surface area contributed by atoms with Gasteiger partial charge in [0, 0.05) is 26.7 Å². The Balaban J connectivity index is 0.00000288. The lowest BCUT2D eigenvalue weighted by atomic mass is 10.1. The zero-order chi connectivity index (χ0) is 16.5. The third kappa shape index (κ3) is 6.93. The van der Waals surface area contributed by atoms with Crippen LogP contribution in [-0.4, -0.2) is 50.6 Å².